The average Bonchev–Trinajstić information content (AvgIpc) is 2.32. The van der Waals surface area contributed by atoms with Crippen LogP contribution >= 0.6 is 23.2 Å². The van der Waals surface area contributed by atoms with Gasteiger partial charge in [0.25, 0.3) is 0 Å². The number of hydrogen-bond acceptors (Lipinski definition) is 0. The van der Waals surface area contributed by atoms with Gasteiger partial charge in [-0.2, -0.15) is 0 Å². The van der Waals surface area contributed by atoms with Gasteiger partial charge in [-0.05, 0) is 42.7 Å². The first-order valence-corrected chi connectivity index (χ1v) is 6.36. The minimum Gasteiger partial charge on any atom is -0.113 e. The lowest BCUT2D eigenvalue weighted by molar-refractivity contribution is 1.10. The van der Waals surface area contributed by atoms with Gasteiger partial charge in [0.15, 0.2) is 0 Å². The summed E-state index contributed by atoms with van der Waals surface area (Å²) in [5.41, 5.74) is 4.68. The molecule has 0 saturated heterocycles. The lowest BCUT2D eigenvalue weighted by atomic mass is 9.98. The van der Waals surface area contributed by atoms with Gasteiger partial charge in [0, 0.05) is 5.02 Å². The Bertz CT molecular complexity index is 515. The smallest absolute Gasteiger partial charge is 0.0838 e. The Labute approximate surface area is 112 Å². The van der Waals surface area contributed by atoms with E-state index in [-0.39, 0.29) is 5.38 Å². The minimum atomic E-state index is -0.118. The van der Waals surface area contributed by atoms with Crippen molar-refractivity contribution in [3.8, 4) is 0 Å². The van der Waals surface area contributed by atoms with Gasteiger partial charge >= 0.3 is 0 Å². The fraction of sp³-hybridized carbons (Fsp3) is 0.200. The molecule has 0 aliphatic carbocycles. The summed E-state index contributed by atoms with van der Waals surface area (Å²) in [5.74, 6) is 0. The van der Waals surface area contributed by atoms with Gasteiger partial charge in [0.1, 0.15) is 0 Å². The summed E-state index contributed by atoms with van der Waals surface area (Å²) >= 11 is 12.4. The van der Waals surface area contributed by atoms with Crippen molar-refractivity contribution in [1.29, 1.82) is 0 Å². The zero-order valence-corrected chi connectivity index (χ0v) is 11.4. The topological polar surface area (TPSA) is 0 Å². The van der Waals surface area contributed by atoms with Crippen molar-refractivity contribution in [3.63, 3.8) is 0 Å². The summed E-state index contributed by atoms with van der Waals surface area (Å²) in [6, 6.07) is 14.0. The fourth-order valence-corrected chi connectivity index (χ4v) is 2.35. The molecule has 0 nitrogen and oxygen atoms in total. The molecule has 0 fully saturated rings. The highest BCUT2D eigenvalue weighted by molar-refractivity contribution is 6.30. The summed E-state index contributed by atoms with van der Waals surface area (Å²) in [7, 11) is 0. The number of halogens is 2. The summed E-state index contributed by atoms with van der Waals surface area (Å²) < 4.78 is 0. The first kappa shape index (κ1) is 12.5. The Morgan fingerprint density at radius 3 is 2.24 bits per heavy atom. The SMILES string of the molecule is Cc1ccc(C)c(C(Cl)c2ccc(Cl)cc2)c1. The number of aryl methyl sites for hydroxylation is 2. The summed E-state index contributed by atoms with van der Waals surface area (Å²) in [4.78, 5) is 0. The molecule has 0 aliphatic heterocycles. The molecule has 2 aromatic carbocycles. The zero-order chi connectivity index (χ0) is 12.4. The highest BCUT2D eigenvalue weighted by atomic mass is 35.5. The molecule has 0 heterocycles. The highest BCUT2D eigenvalue weighted by Crippen LogP contribution is 2.32. The lowest BCUT2D eigenvalue weighted by Crippen LogP contribution is -1.96. The Morgan fingerprint density at radius 2 is 1.59 bits per heavy atom. The zero-order valence-electron chi connectivity index (χ0n) is 9.87. The van der Waals surface area contributed by atoms with Crippen molar-refractivity contribution in [2.75, 3.05) is 0 Å². The quantitative estimate of drug-likeness (QED) is 0.647. The molecule has 0 N–H and O–H groups in total. The van der Waals surface area contributed by atoms with Crippen LogP contribution in [0.4, 0.5) is 0 Å². The Kier molecular flexibility index (Phi) is 3.76. The molecule has 2 heteroatoms. The summed E-state index contributed by atoms with van der Waals surface area (Å²) in [5, 5.41) is 0.616. The van der Waals surface area contributed by atoms with E-state index in [1.54, 1.807) is 0 Å². The maximum absolute atomic E-state index is 6.52. The third-order valence-electron chi connectivity index (χ3n) is 2.87. The van der Waals surface area contributed by atoms with E-state index in [1.807, 2.05) is 24.3 Å². The predicted octanol–water partition coefficient (Wildman–Crippen LogP) is 5.29. The second-order valence-electron chi connectivity index (χ2n) is 4.27. The Morgan fingerprint density at radius 1 is 0.941 bits per heavy atom. The highest BCUT2D eigenvalue weighted by Gasteiger charge is 2.13. The van der Waals surface area contributed by atoms with Crippen molar-refractivity contribution in [3.05, 3.63) is 69.7 Å². The van der Waals surface area contributed by atoms with Gasteiger partial charge in [-0.1, -0.05) is 47.5 Å². The normalized spacial score (nSPS) is 12.5. The van der Waals surface area contributed by atoms with Gasteiger partial charge < -0.3 is 0 Å². The number of hydrogen-bond donors (Lipinski definition) is 0. The van der Waals surface area contributed by atoms with Crippen LogP contribution in [0, 0.1) is 13.8 Å². The molecule has 0 radical (unpaired) electrons. The van der Waals surface area contributed by atoms with Crippen molar-refractivity contribution in [2.24, 2.45) is 0 Å². The average molecular weight is 265 g/mol. The molecule has 0 saturated carbocycles. The predicted molar refractivity (Wildman–Crippen MR) is 75.1 cm³/mol. The maximum Gasteiger partial charge on any atom is 0.0838 e. The van der Waals surface area contributed by atoms with Crippen molar-refractivity contribution < 1.29 is 0 Å². The van der Waals surface area contributed by atoms with Crippen LogP contribution in [0.1, 0.15) is 27.6 Å². The molecule has 0 bridgehead atoms. The second-order valence-corrected chi connectivity index (χ2v) is 5.15. The van der Waals surface area contributed by atoms with Gasteiger partial charge in [0.2, 0.25) is 0 Å². The van der Waals surface area contributed by atoms with Crippen LogP contribution < -0.4 is 0 Å². The van der Waals surface area contributed by atoms with E-state index in [4.69, 9.17) is 23.2 Å². The van der Waals surface area contributed by atoms with Crippen LogP contribution in [0.25, 0.3) is 0 Å². The first-order chi connectivity index (χ1) is 8.08. The molecule has 88 valence electrons. The number of alkyl halides is 1. The summed E-state index contributed by atoms with van der Waals surface area (Å²) in [6.07, 6.45) is 0. The largest absolute Gasteiger partial charge is 0.113 e. The number of rotatable bonds is 2. The van der Waals surface area contributed by atoms with Crippen LogP contribution in [0.3, 0.4) is 0 Å². The standard InChI is InChI=1S/C15H14Cl2/c1-10-3-4-11(2)14(9-10)15(17)12-5-7-13(16)8-6-12/h3-9,15H,1-2H3. The van der Waals surface area contributed by atoms with Crippen LogP contribution in [-0.4, -0.2) is 0 Å². The molecule has 17 heavy (non-hydrogen) atoms. The van der Waals surface area contributed by atoms with Crippen molar-refractivity contribution in [1.82, 2.24) is 0 Å². The molecule has 2 aromatic rings. The van der Waals surface area contributed by atoms with E-state index in [1.165, 1.54) is 11.1 Å². The molecule has 0 aromatic heterocycles. The minimum absolute atomic E-state index is 0.118. The van der Waals surface area contributed by atoms with Gasteiger partial charge in [-0.15, -0.1) is 11.6 Å². The monoisotopic (exact) mass is 264 g/mol. The molecule has 1 unspecified atom stereocenters. The molecule has 0 spiro atoms. The Hall–Kier alpha value is -0.980. The molecule has 1 atom stereocenters. The molecule has 0 amide bonds. The van der Waals surface area contributed by atoms with Crippen molar-refractivity contribution >= 4 is 23.2 Å². The molecule has 2 rings (SSSR count). The number of benzene rings is 2. The fourth-order valence-electron chi connectivity index (χ4n) is 1.84. The third-order valence-corrected chi connectivity index (χ3v) is 3.61. The third kappa shape index (κ3) is 2.83. The van der Waals surface area contributed by atoms with Gasteiger partial charge in [-0.3, -0.25) is 0 Å². The van der Waals surface area contributed by atoms with Gasteiger partial charge in [-0.25, -0.2) is 0 Å². The van der Waals surface area contributed by atoms with E-state index < -0.39 is 0 Å². The van der Waals surface area contributed by atoms with Crippen LogP contribution in [0.5, 0.6) is 0 Å². The van der Waals surface area contributed by atoms with Crippen molar-refractivity contribution in [2.45, 2.75) is 19.2 Å². The van der Waals surface area contributed by atoms with Crippen LogP contribution in [0.15, 0.2) is 42.5 Å². The van der Waals surface area contributed by atoms with E-state index in [2.05, 4.69) is 32.0 Å². The maximum atomic E-state index is 6.52. The molecular formula is C15H14Cl2. The lowest BCUT2D eigenvalue weighted by Gasteiger charge is -2.14. The van der Waals surface area contributed by atoms with E-state index in [9.17, 15) is 0 Å². The van der Waals surface area contributed by atoms with Crippen LogP contribution in [-0.2, 0) is 0 Å². The van der Waals surface area contributed by atoms with E-state index >= 15 is 0 Å². The summed E-state index contributed by atoms with van der Waals surface area (Å²) in [6.45, 7) is 4.16. The molecular weight excluding hydrogens is 251 g/mol. The second kappa shape index (κ2) is 5.12. The van der Waals surface area contributed by atoms with Crippen LogP contribution in [0.2, 0.25) is 5.02 Å². The Balaban J connectivity index is 2.39. The van der Waals surface area contributed by atoms with E-state index in [0.717, 1.165) is 16.1 Å². The molecule has 0 aliphatic rings. The van der Waals surface area contributed by atoms with Gasteiger partial charge in [0.05, 0.1) is 5.38 Å². The van der Waals surface area contributed by atoms with E-state index in [0.29, 0.717) is 0 Å². The first-order valence-electron chi connectivity index (χ1n) is 5.54.